The molecule has 0 bridgehead atoms. The van der Waals surface area contributed by atoms with Gasteiger partial charge in [0, 0.05) is 6.54 Å². The highest BCUT2D eigenvalue weighted by Gasteiger charge is 2.38. The molecule has 0 radical (unpaired) electrons. The van der Waals surface area contributed by atoms with Gasteiger partial charge in [-0.25, -0.2) is 5.43 Å². The van der Waals surface area contributed by atoms with Crippen LogP contribution in [0.2, 0.25) is 0 Å². The van der Waals surface area contributed by atoms with Gasteiger partial charge in [0.1, 0.15) is 11.9 Å². The summed E-state index contributed by atoms with van der Waals surface area (Å²) in [7, 11) is 1.61. The molecule has 2 N–H and O–H groups in total. The van der Waals surface area contributed by atoms with Crippen LogP contribution in [0.3, 0.4) is 0 Å². The third kappa shape index (κ3) is 1.75. The Morgan fingerprint density at radius 3 is 2.89 bits per heavy atom. The standard InChI is InChI=1S/C12H14N4O2/c1-18-9-4-2-8(3-5-9)16-7-13-11-10(12(16)17)6-14-15-11/h2-5,7,10-11,14-15H,6H2,1H3. The summed E-state index contributed by atoms with van der Waals surface area (Å²) in [4.78, 5) is 18.2. The lowest BCUT2D eigenvalue weighted by Gasteiger charge is -2.27. The Balaban J connectivity index is 1.87. The first-order valence-corrected chi connectivity index (χ1v) is 5.78. The minimum Gasteiger partial charge on any atom is -0.497 e. The van der Waals surface area contributed by atoms with E-state index in [4.69, 9.17) is 4.74 Å². The van der Waals surface area contributed by atoms with Crippen molar-refractivity contribution in [1.29, 1.82) is 0 Å². The summed E-state index contributed by atoms with van der Waals surface area (Å²) in [5.74, 6) is 0.678. The van der Waals surface area contributed by atoms with E-state index in [1.807, 2.05) is 24.3 Å². The lowest BCUT2D eigenvalue weighted by Crippen LogP contribution is -2.45. The van der Waals surface area contributed by atoms with E-state index >= 15 is 0 Å². The third-order valence-corrected chi connectivity index (χ3v) is 3.20. The summed E-state index contributed by atoms with van der Waals surface area (Å²) in [6.45, 7) is 0.605. The van der Waals surface area contributed by atoms with Crippen molar-refractivity contribution < 1.29 is 9.53 Å². The Morgan fingerprint density at radius 1 is 1.39 bits per heavy atom. The minimum atomic E-state index is -0.146. The molecule has 0 aromatic heterocycles. The van der Waals surface area contributed by atoms with Crippen LogP contribution in [0.4, 0.5) is 5.69 Å². The number of hydrogen-bond donors (Lipinski definition) is 2. The van der Waals surface area contributed by atoms with Crippen molar-refractivity contribution in [1.82, 2.24) is 10.9 Å². The van der Waals surface area contributed by atoms with Crippen LogP contribution < -0.4 is 20.5 Å². The van der Waals surface area contributed by atoms with Crippen molar-refractivity contribution in [3.8, 4) is 5.75 Å². The number of nitrogens with one attached hydrogen (secondary N) is 2. The van der Waals surface area contributed by atoms with Crippen molar-refractivity contribution in [2.45, 2.75) is 6.17 Å². The van der Waals surface area contributed by atoms with Crippen molar-refractivity contribution >= 4 is 17.9 Å². The highest BCUT2D eigenvalue weighted by atomic mass is 16.5. The number of anilines is 1. The Bertz CT molecular complexity index is 485. The molecular weight excluding hydrogens is 232 g/mol. The molecule has 6 heteroatoms. The summed E-state index contributed by atoms with van der Waals surface area (Å²) in [5.41, 5.74) is 6.72. The average molecular weight is 246 g/mol. The number of carbonyl (C=O) groups is 1. The molecular formula is C12H14N4O2. The maximum absolute atomic E-state index is 12.3. The fraction of sp³-hybridized carbons (Fsp3) is 0.333. The Morgan fingerprint density at radius 2 is 2.17 bits per heavy atom. The second-order valence-electron chi connectivity index (χ2n) is 4.25. The number of methoxy groups -OCH3 is 1. The van der Waals surface area contributed by atoms with Crippen molar-refractivity contribution in [3.63, 3.8) is 0 Å². The molecule has 18 heavy (non-hydrogen) atoms. The lowest BCUT2D eigenvalue weighted by atomic mass is 10.1. The molecule has 3 rings (SSSR count). The van der Waals surface area contributed by atoms with Gasteiger partial charge < -0.3 is 4.74 Å². The molecule has 0 saturated carbocycles. The zero-order valence-corrected chi connectivity index (χ0v) is 9.96. The van der Waals surface area contributed by atoms with Gasteiger partial charge in [0.15, 0.2) is 0 Å². The van der Waals surface area contributed by atoms with E-state index in [1.54, 1.807) is 18.3 Å². The number of hydrazine groups is 1. The number of ether oxygens (including phenoxy) is 1. The predicted octanol–water partition coefficient (Wildman–Crippen LogP) is 0.120. The van der Waals surface area contributed by atoms with E-state index in [-0.39, 0.29) is 18.0 Å². The van der Waals surface area contributed by atoms with Crippen LogP contribution in [0.25, 0.3) is 0 Å². The van der Waals surface area contributed by atoms with Gasteiger partial charge in [-0.3, -0.25) is 20.1 Å². The quantitative estimate of drug-likeness (QED) is 0.778. The molecule has 0 spiro atoms. The lowest BCUT2D eigenvalue weighted by molar-refractivity contribution is -0.121. The first-order chi connectivity index (χ1) is 8.79. The molecule has 1 amide bonds. The topological polar surface area (TPSA) is 66.0 Å². The Hall–Kier alpha value is -1.92. The van der Waals surface area contributed by atoms with Crippen molar-refractivity contribution in [3.05, 3.63) is 24.3 Å². The van der Waals surface area contributed by atoms with Crippen LogP contribution in [0.15, 0.2) is 29.3 Å². The van der Waals surface area contributed by atoms with Crippen molar-refractivity contribution in [2.24, 2.45) is 10.9 Å². The molecule has 1 saturated heterocycles. The van der Waals surface area contributed by atoms with Crippen LogP contribution in [0, 0.1) is 5.92 Å². The van der Waals surface area contributed by atoms with Crippen LogP contribution in [0.1, 0.15) is 0 Å². The van der Waals surface area contributed by atoms with Crippen LogP contribution >= 0.6 is 0 Å². The van der Waals surface area contributed by atoms with E-state index < -0.39 is 0 Å². The van der Waals surface area contributed by atoms with E-state index in [9.17, 15) is 4.79 Å². The molecule has 2 heterocycles. The molecule has 1 aromatic carbocycles. The van der Waals surface area contributed by atoms with Gasteiger partial charge >= 0.3 is 0 Å². The highest BCUT2D eigenvalue weighted by molar-refractivity contribution is 6.11. The van der Waals surface area contributed by atoms with Gasteiger partial charge in [-0.05, 0) is 24.3 Å². The third-order valence-electron chi connectivity index (χ3n) is 3.20. The van der Waals surface area contributed by atoms with Gasteiger partial charge in [-0.2, -0.15) is 0 Å². The van der Waals surface area contributed by atoms with E-state index in [0.29, 0.717) is 6.54 Å². The maximum atomic E-state index is 12.3. The number of aliphatic imine (C=N–C) groups is 1. The summed E-state index contributed by atoms with van der Waals surface area (Å²) < 4.78 is 5.10. The average Bonchev–Trinajstić information content (AvgIpc) is 2.89. The van der Waals surface area contributed by atoms with E-state index in [0.717, 1.165) is 11.4 Å². The molecule has 2 aliphatic heterocycles. The number of benzene rings is 1. The van der Waals surface area contributed by atoms with Crippen LogP contribution in [-0.2, 0) is 4.79 Å². The molecule has 2 unspecified atom stereocenters. The molecule has 6 nitrogen and oxygen atoms in total. The highest BCUT2D eigenvalue weighted by Crippen LogP contribution is 2.24. The number of carbonyl (C=O) groups excluding carboxylic acids is 1. The van der Waals surface area contributed by atoms with Gasteiger partial charge in [0.2, 0.25) is 5.91 Å². The summed E-state index contributed by atoms with van der Waals surface area (Å²) in [6, 6.07) is 7.35. The minimum absolute atomic E-state index is 0.0534. The monoisotopic (exact) mass is 246 g/mol. The number of rotatable bonds is 2. The smallest absolute Gasteiger partial charge is 0.240 e. The SMILES string of the molecule is COc1ccc(N2C=NC3NNCC3C2=O)cc1. The molecule has 2 atom stereocenters. The van der Waals surface area contributed by atoms with Crippen LogP contribution in [-0.4, -0.2) is 32.1 Å². The number of nitrogens with zero attached hydrogens (tertiary/aromatic N) is 2. The molecule has 0 aliphatic carbocycles. The predicted molar refractivity (Wildman–Crippen MR) is 67.4 cm³/mol. The van der Waals surface area contributed by atoms with Gasteiger partial charge in [-0.1, -0.05) is 0 Å². The fourth-order valence-electron chi connectivity index (χ4n) is 2.16. The van der Waals surface area contributed by atoms with Crippen molar-refractivity contribution in [2.75, 3.05) is 18.6 Å². The number of fused-ring (bicyclic) bond motifs is 1. The zero-order chi connectivity index (χ0) is 12.5. The van der Waals surface area contributed by atoms with E-state index in [2.05, 4.69) is 15.8 Å². The number of hydrogen-bond acceptors (Lipinski definition) is 5. The van der Waals surface area contributed by atoms with Gasteiger partial charge in [0.05, 0.1) is 25.1 Å². The van der Waals surface area contributed by atoms with Gasteiger partial charge in [-0.15, -0.1) is 0 Å². The first-order valence-electron chi connectivity index (χ1n) is 5.78. The maximum Gasteiger partial charge on any atom is 0.240 e. The summed E-state index contributed by atoms with van der Waals surface area (Å²) in [5, 5.41) is 0. The first kappa shape index (κ1) is 11.2. The Kier molecular flexibility index (Phi) is 2.73. The molecule has 1 fully saturated rings. The molecule has 94 valence electrons. The molecule has 1 aromatic rings. The second kappa shape index (κ2) is 4.40. The van der Waals surface area contributed by atoms with Crippen LogP contribution in [0.5, 0.6) is 5.75 Å². The fourth-order valence-corrected chi connectivity index (χ4v) is 2.16. The van der Waals surface area contributed by atoms with Gasteiger partial charge in [0.25, 0.3) is 0 Å². The van der Waals surface area contributed by atoms with E-state index in [1.165, 1.54) is 0 Å². The molecule has 2 aliphatic rings. The Labute approximate surface area is 105 Å². The largest absolute Gasteiger partial charge is 0.497 e. The summed E-state index contributed by atoms with van der Waals surface area (Å²) >= 11 is 0. The second-order valence-corrected chi connectivity index (χ2v) is 4.25. The summed E-state index contributed by atoms with van der Waals surface area (Å²) in [6.07, 6.45) is 1.43. The zero-order valence-electron chi connectivity index (χ0n) is 9.96. The number of amides is 1. The normalized spacial score (nSPS) is 26.3.